The van der Waals surface area contributed by atoms with Crippen molar-refractivity contribution in [2.24, 2.45) is 0 Å². The summed E-state index contributed by atoms with van der Waals surface area (Å²) in [5.41, 5.74) is 2.75. The van der Waals surface area contributed by atoms with Crippen LogP contribution < -0.4 is 10.6 Å². The van der Waals surface area contributed by atoms with Crippen LogP contribution in [-0.4, -0.2) is 39.4 Å². The number of aromatic amines is 1. The monoisotopic (exact) mass is 327 g/mol. The number of fused-ring (bicyclic) bond motifs is 1. The zero-order valence-electron chi connectivity index (χ0n) is 13.6. The first kappa shape index (κ1) is 16.0. The fraction of sp³-hybridized carbons (Fsp3) is 0.353. The highest BCUT2D eigenvalue weighted by molar-refractivity contribution is 5.87. The smallest absolute Gasteiger partial charge is 0.318 e. The van der Waals surface area contributed by atoms with Gasteiger partial charge in [0, 0.05) is 19.5 Å². The molecule has 3 rings (SSSR count). The Hall–Kier alpha value is -2.83. The van der Waals surface area contributed by atoms with E-state index < -0.39 is 6.04 Å². The van der Waals surface area contributed by atoms with E-state index in [9.17, 15) is 9.59 Å². The number of imidazole rings is 1. The molecule has 0 unspecified atom stereocenters. The molecule has 2 aromatic rings. The number of carbonyl (C=O) groups is 2. The van der Waals surface area contributed by atoms with Crippen LogP contribution in [0.5, 0.6) is 0 Å². The Balaban J connectivity index is 1.72. The summed E-state index contributed by atoms with van der Waals surface area (Å²) >= 11 is 0. The number of rotatable bonds is 4. The van der Waals surface area contributed by atoms with Crippen molar-refractivity contribution < 1.29 is 9.59 Å². The van der Waals surface area contributed by atoms with Crippen LogP contribution in [0.3, 0.4) is 0 Å². The van der Waals surface area contributed by atoms with E-state index >= 15 is 0 Å². The quantitative estimate of drug-likeness (QED) is 0.788. The number of carbonyl (C=O) groups excluding carboxylic acids is 2. The lowest BCUT2D eigenvalue weighted by Crippen LogP contribution is -2.55. The van der Waals surface area contributed by atoms with Gasteiger partial charge in [-0.2, -0.15) is 0 Å². The minimum absolute atomic E-state index is 0.168. The molecule has 0 saturated carbocycles. The summed E-state index contributed by atoms with van der Waals surface area (Å²) in [6.45, 7) is 3.16. The van der Waals surface area contributed by atoms with Gasteiger partial charge in [-0.3, -0.25) is 4.79 Å². The van der Waals surface area contributed by atoms with Crippen molar-refractivity contribution in [1.29, 1.82) is 0 Å². The number of hydrogen-bond donors (Lipinski definition) is 3. The predicted molar refractivity (Wildman–Crippen MR) is 89.0 cm³/mol. The second-order valence-corrected chi connectivity index (χ2v) is 5.71. The third kappa shape index (κ3) is 3.40. The molecule has 0 fully saturated rings. The largest absolute Gasteiger partial charge is 0.350 e. The first-order valence-electron chi connectivity index (χ1n) is 8.06. The van der Waals surface area contributed by atoms with Gasteiger partial charge in [0.15, 0.2) is 0 Å². The van der Waals surface area contributed by atoms with Crippen molar-refractivity contribution in [3.8, 4) is 0 Å². The van der Waals surface area contributed by atoms with Crippen molar-refractivity contribution in [3.63, 3.8) is 0 Å². The van der Waals surface area contributed by atoms with Gasteiger partial charge in [-0.15, -0.1) is 0 Å². The molecule has 126 valence electrons. The fourth-order valence-electron chi connectivity index (χ4n) is 2.84. The summed E-state index contributed by atoms with van der Waals surface area (Å²) in [7, 11) is 0. The van der Waals surface area contributed by atoms with E-state index in [1.807, 2.05) is 37.3 Å². The van der Waals surface area contributed by atoms with Gasteiger partial charge >= 0.3 is 6.03 Å². The Kier molecular flexibility index (Phi) is 4.79. The van der Waals surface area contributed by atoms with Crippen molar-refractivity contribution in [2.75, 3.05) is 6.54 Å². The van der Waals surface area contributed by atoms with E-state index in [0.29, 0.717) is 26.1 Å². The highest BCUT2D eigenvalue weighted by Crippen LogP contribution is 2.21. The van der Waals surface area contributed by atoms with Gasteiger partial charge < -0.3 is 20.5 Å². The van der Waals surface area contributed by atoms with E-state index in [2.05, 4.69) is 20.6 Å². The topological polar surface area (TPSA) is 90.1 Å². The number of benzene rings is 1. The van der Waals surface area contributed by atoms with Crippen LogP contribution in [0.1, 0.15) is 23.9 Å². The summed E-state index contributed by atoms with van der Waals surface area (Å²) in [6.07, 6.45) is 2.02. The average molecular weight is 327 g/mol. The third-order valence-electron chi connectivity index (χ3n) is 4.10. The third-order valence-corrected chi connectivity index (χ3v) is 4.10. The molecule has 7 nitrogen and oxygen atoms in total. The second-order valence-electron chi connectivity index (χ2n) is 5.71. The molecular weight excluding hydrogens is 306 g/mol. The Morgan fingerprint density at radius 2 is 2.08 bits per heavy atom. The van der Waals surface area contributed by atoms with E-state index in [1.54, 1.807) is 11.2 Å². The molecule has 24 heavy (non-hydrogen) atoms. The molecule has 1 aromatic heterocycles. The molecule has 7 heteroatoms. The molecule has 0 spiro atoms. The molecule has 3 amide bonds. The minimum Gasteiger partial charge on any atom is -0.350 e. The predicted octanol–water partition coefficient (Wildman–Crippen LogP) is 1.18. The molecule has 0 radical (unpaired) electrons. The first-order chi connectivity index (χ1) is 11.7. The Labute approximate surface area is 140 Å². The molecule has 1 aliphatic rings. The zero-order chi connectivity index (χ0) is 16.9. The molecule has 1 aliphatic heterocycles. The lowest BCUT2D eigenvalue weighted by Gasteiger charge is -2.34. The van der Waals surface area contributed by atoms with Crippen LogP contribution in [-0.2, 0) is 24.3 Å². The van der Waals surface area contributed by atoms with Gasteiger partial charge in [0.25, 0.3) is 0 Å². The molecule has 3 N–H and O–H groups in total. The highest BCUT2D eigenvalue weighted by Gasteiger charge is 2.35. The Bertz CT molecular complexity index is 713. The summed E-state index contributed by atoms with van der Waals surface area (Å²) in [4.78, 5) is 33.8. The highest BCUT2D eigenvalue weighted by atomic mass is 16.2. The number of urea groups is 1. The van der Waals surface area contributed by atoms with Crippen LogP contribution in [0.25, 0.3) is 0 Å². The van der Waals surface area contributed by atoms with Gasteiger partial charge in [0.1, 0.15) is 6.04 Å². The molecule has 1 aromatic carbocycles. The van der Waals surface area contributed by atoms with E-state index in [-0.39, 0.29) is 11.9 Å². The number of H-pyrrole nitrogens is 1. The Morgan fingerprint density at radius 1 is 1.29 bits per heavy atom. The summed E-state index contributed by atoms with van der Waals surface area (Å²) in [5, 5.41) is 5.69. The zero-order valence-corrected chi connectivity index (χ0v) is 13.6. The minimum atomic E-state index is -0.559. The first-order valence-corrected chi connectivity index (χ1v) is 8.06. The van der Waals surface area contributed by atoms with Gasteiger partial charge in [-0.05, 0) is 12.5 Å². The van der Waals surface area contributed by atoms with Crippen molar-refractivity contribution in [1.82, 2.24) is 25.5 Å². The van der Waals surface area contributed by atoms with Crippen molar-refractivity contribution >= 4 is 11.9 Å². The van der Waals surface area contributed by atoms with Crippen LogP contribution in [0.15, 0.2) is 36.7 Å². The lowest BCUT2D eigenvalue weighted by molar-refractivity contribution is -0.126. The van der Waals surface area contributed by atoms with Crippen molar-refractivity contribution in [2.45, 2.75) is 32.5 Å². The number of aromatic nitrogens is 2. The standard InChI is InChI=1S/C17H21N5O2/c1-2-18-17(24)22-10-14-13(20-11-21-14)8-15(22)16(23)19-9-12-6-4-3-5-7-12/h3-7,11,15H,2,8-10H2,1H3,(H,18,24)(H,19,23)(H,20,21)/t15-/m0/s1. The van der Waals surface area contributed by atoms with Crippen LogP contribution >= 0.6 is 0 Å². The van der Waals surface area contributed by atoms with Gasteiger partial charge in [-0.1, -0.05) is 30.3 Å². The maximum Gasteiger partial charge on any atom is 0.318 e. The normalized spacial score (nSPS) is 16.4. The van der Waals surface area contributed by atoms with Gasteiger partial charge in [-0.25, -0.2) is 9.78 Å². The molecule has 2 heterocycles. The maximum absolute atomic E-state index is 12.7. The number of hydrogen-bond acceptors (Lipinski definition) is 3. The summed E-state index contributed by atoms with van der Waals surface area (Å²) < 4.78 is 0. The molecule has 1 atom stereocenters. The van der Waals surface area contributed by atoms with E-state index in [4.69, 9.17) is 0 Å². The number of amides is 3. The molecule has 0 saturated heterocycles. The summed E-state index contributed by atoms with van der Waals surface area (Å²) in [6, 6.07) is 8.90. The maximum atomic E-state index is 12.7. The van der Waals surface area contributed by atoms with Gasteiger partial charge in [0.2, 0.25) is 5.91 Å². The molecular formula is C17H21N5O2. The van der Waals surface area contributed by atoms with Crippen LogP contribution in [0, 0.1) is 0 Å². The van der Waals surface area contributed by atoms with Crippen LogP contribution in [0.4, 0.5) is 4.79 Å². The summed E-state index contributed by atoms with van der Waals surface area (Å²) in [5.74, 6) is -0.168. The number of nitrogens with zero attached hydrogens (tertiary/aromatic N) is 2. The van der Waals surface area contributed by atoms with E-state index in [1.165, 1.54) is 0 Å². The fourth-order valence-corrected chi connectivity index (χ4v) is 2.84. The average Bonchev–Trinajstić information content (AvgIpc) is 3.07. The van der Waals surface area contributed by atoms with Crippen LogP contribution in [0.2, 0.25) is 0 Å². The van der Waals surface area contributed by atoms with Crippen molar-refractivity contribution in [3.05, 3.63) is 53.6 Å². The Morgan fingerprint density at radius 3 is 2.83 bits per heavy atom. The SMILES string of the molecule is CCNC(=O)N1Cc2[nH]cnc2C[C@H]1C(=O)NCc1ccccc1. The lowest BCUT2D eigenvalue weighted by atomic mass is 10.0. The molecule has 0 aliphatic carbocycles. The molecule has 0 bridgehead atoms. The van der Waals surface area contributed by atoms with E-state index in [0.717, 1.165) is 17.0 Å². The number of nitrogens with one attached hydrogen (secondary N) is 3. The second kappa shape index (κ2) is 7.16. The van der Waals surface area contributed by atoms with Gasteiger partial charge in [0.05, 0.1) is 24.3 Å².